The number of fused-ring (bicyclic) bond motifs is 1. The van der Waals surface area contributed by atoms with Gasteiger partial charge in [-0.25, -0.2) is 13.8 Å². The third-order valence-electron chi connectivity index (χ3n) is 6.50. The highest BCUT2D eigenvalue weighted by atomic mass is 28.4. The van der Waals surface area contributed by atoms with E-state index in [1.165, 1.54) is 17.8 Å². The molecule has 0 saturated carbocycles. The van der Waals surface area contributed by atoms with Crippen molar-refractivity contribution in [3.63, 3.8) is 0 Å². The zero-order valence-corrected chi connectivity index (χ0v) is 21.1. The lowest BCUT2D eigenvalue weighted by Crippen LogP contribution is -2.52. The number of aliphatic hydroxyl groups excluding tert-OH is 1. The van der Waals surface area contributed by atoms with Crippen LogP contribution in [-0.2, 0) is 9.16 Å². The van der Waals surface area contributed by atoms with Crippen molar-refractivity contribution in [2.45, 2.75) is 76.6 Å². The van der Waals surface area contributed by atoms with Gasteiger partial charge in [0.1, 0.15) is 0 Å². The number of hydrogen-bond donors (Lipinski definition) is 2. The van der Waals surface area contributed by atoms with Crippen molar-refractivity contribution in [1.82, 2.24) is 19.5 Å². The third-order valence-corrected chi connectivity index (χ3v) is 11.0. The van der Waals surface area contributed by atoms with E-state index in [4.69, 9.17) is 19.6 Å². The molecule has 1 aliphatic rings. The number of nitrogens with zero attached hydrogens (tertiary/aromatic N) is 4. The van der Waals surface area contributed by atoms with Crippen molar-refractivity contribution in [2.75, 3.05) is 18.9 Å². The Bertz CT molecular complexity index is 1060. The number of alkyl halides is 2. The molecule has 0 amide bonds. The van der Waals surface area contributed by atoms with E-state index >= 15 is 8.78 Å². The van der Waals surface area contributed by atoms with Gasteiger partial charge in [-0.15, -0.1) is 0 Å². The molecule has 1 saturated heterocycles. The van der Waals surface area contributed by atoms with Gasteiger partial charge in [0.05, 0.1) is 19.5 Å². The molecule has 33 heavy (non-hydrogen) atoms. The number of halogens is 2. The number of anilines is 1. The van der Waals surface area contributed by atoms with Gasteiger partial charge >= 0.3 is 0 Å². The average Bonchev–Trinajstić information content (AvgIpc) is 3.20. The summed E-state index contributed by atoms with van der Waals surface area (Å²) < 4.78 is 50.5. The highest BCUT2D eigenvalue weighted by molar-refractivity contribution is 6.74. The Morgan fingerprint density at radius 2 is 2.00 bits per heavy atom. The molecule has 3 heterocycles. The summed E-state index contributed by atoms with van der Waals surface area (Å²) in [7, 11) is -2.43. The lowest BCUT2D eigenvalue weighted by atomic mass is 9.88. The minimum absolute atomic E-state index is 0.0704. The number of aliphatic hydroxyl groups is 1. The summed E-state index contributed by atoms with van der Waals surface area (Å²) >= 11 is 0. The third kappa shape index (κ3) is 4.13. The maximum absolute atomic E-state index is 16.4. The van der Waals surface area contributed by atoms with Crippen molar-refractivity contribution >= 4 is 25.4 Å². The van der Waals surface area contributed by atoms with Crippen LogP contribution < -0.4 is 10.5 Å². The first-order chi connectivity index (χ1) is 15.1. The highest BCUT2D eigenvalue weighted by Crippen LogP contribution is 2.52. The first-order valence-corrected chi connectivity index (χ1v) is 13.7. The van der Waals surface area contributed by atoms with Crippen LogP contribution in [0.1, 0.15) is 40.8 Å². The van der Waals surface area contributed by atoms with E-state index in [1.54, 1.807) is 6.92 Å². The molecule has 184 valence electrons. The molecule has 3 rings (SSSR count). The second kappa shape index (κ2) is 8.26. The predicted octanol–water partition coefficient (Wildman–Crippen LogP) is 3.67. The number of nitrogens with two attached hydrogens (primary N) is 1. The lowest BCUT2D eigenvalue weighted by Gasteiger charge is -2.38. The van der Waals surface area contributed by atoms with Crippen LogP contribution in [0.2, 0.25) is 18.1 Å². The van der Waals surface area contributed by atoms with Gasteiger partial charge in [0.15, 0.2) is 31.8 Å². The molecule has 12 heteroatoms. The van der Waals surface area contributed by atoms with Gasteiger partial charge in [0.25, 0.3) is 5.85 Å². The molecule has 0 bridgehead atoms. The minimum Gasteiger partial charge on any atom is -0.476 e. The summed E-state index contributed by atoms with van der Waals surface area (Å²) in [6.45, 7) is 16.2. The van der Waals surface area contributed by atoms with Crippen LogP contribution in [0.25, 0.3) is 11.2 Å². The maximum atomic E-state index is 16.4. The number of aromatic nitrogens is 4. The Morgan fingerprint density at radius 1 is 1.36 bits per heavy atom. The second-order valence-electron chi connectivity index (χ2n) is 9.90. The molecule has 1 aliphatic heterocycles. The highest BCUT2D eigenvalue weighted by Gasteiger charge is 2.67. The summed E-state index contributed by atoms with van der Waals surface area (Å²) in [4.78, 5) is 12.3. The first-order valence-electron chi connectivity index (χ1n) is 10.7. The van der Waals surface area contributed by atoms with Crippen molar-refractivity contribution in [3.05, 3.63) is 18.5 Å². The van der Waals surface area contributed by atoms with Gasteiger partial charge in [-0.2, -0.15) is 9.97 Å². The van der Waals surface area contributed by atoms with E-state index in [9.17, 15) is 5.11 Å². The van der Waals surface area contributed by atoms with Crippen LogP contribution in [0.3, 0.4) is 0 Å². The summed E-state index contributed by atoms with van der Waals surface area (Å²) in [5.41, 5.74) is 3.23. The Morgan fingerprint density at radius 3 is 2.55 bits per heavy atom. The quantitative estimate of drug-likeness (QED) is 0.451. The molecule has 0 aromatic carbocycles. The van der Waals surface area contributed by atoms with Crippen LogP contribution in [0.15, 0.2) is 18.5 Å². The molecule has 4 atom stereocenters. The van der Waals surface area contributed by atoms with Gasteiger partial charge in [-0.3, -0.25) is 4.57 Å². The fourth-order valence-electron chi connectivity index (χ4n) is 3.41. The van der Waals surface area contributed by atoms with Gasteiger partial charge in [0.2, 0.25) is 17.5 Å². The zero-order valence-electron chi connectivity index (χ0n) is 20.1. The summed E-state index contributed by atoms with van der Waals surface area (Å²) in [5.74, 6) is -2.88. The summed E-state index contributed by atoms with van der Waals surface area (Å²) in [6.07, 6.45) is -2.66. The topological polar surface area (TPSA) is 118 Å². The Kier molecular flexibility index (Phi) is 6.37. The smallest absolute Gasteiger partial charge is 0.263 e. The number of imidazole rings is 1. The molecule has 0 spiro atoms. The van der Waals surface area contributed by atoms with Crippen LogP contribution in [0.5, 0.6) is 5.88 Å². The fourth-order valence-corrected chi connectivity index (χ4v) is 4.40. The normalized spacial score (nSPS) is 28.4. The number of hydrogen-bond acceptors (Lipinski definition) is 8. The van der Waals surface area contributed by atoms with E-state index in [0.717, 1.165) is 0 Å². The van der Waals surface area contributed by atoms with E-state index < -0.39 is 38.8 Å². The Labute approximate surface area is 193 Å². The molecule has 9 nitrogen and oxygen atoms in total. The van der Waals surface area contributed by atoms with Gasteiger partial charge < -0.3 is 24.7 Å². The summed E-state index contributed by atoms with van der Waals surface area (Å²) in [6, 6.07) is 0. The minimum atomic E-state index is -2.84. The number of rotatable bonds is 7. The molecule has 0 unspecified atom stereocenters. The van der Waals surface area contributed by atoms with Crippen molar-refractivity contribution in [2.24, 2.45) is 0 Å². The maximum Gasteiger partial charge on any atom is 0.263 e. The van der Waals surface area contributed by atoms with Gasteiger partial charge in [0, 0.05) is 0 Å². The van der Waals surface area contributed by atoms with E-state index in [-0.39, 0.29) is 40.2 Å². The molecule has 1 fully saturated rings. The standard InChI is InChI=1S/C21H33F2N5O4Si/c1-9-30-15-13-14(26-18(24)27-15)28(11-25-13)17-21(23,12(2)3)16(29)20(22,32-17)10-31-33(7,8)19(4,5)6/h11,16-17,29H,2,9-10H2,1,3-8H3,(H2,24,26,27)/t16-,17-,20-,21-/m1/s1. The van der Waals surface area contributed by atoms with Gasteiger partial charge in [-0.05, 0) is 37.6 Å². The monoisotopic (exact) mass is 485 g/mol. The van der Waals surface area contributed by atoms with E-state index in [0.29, 0.717) is 0 Å². The van der Waals surface area contributed by atoms with E-state index in [2.05, 4.69) is 21.5 Å². The van der Waals surface area contributed by atoms with Gasteiger partial charge in [-0.1, -0.05) is 27.4 Å². The molecule has 2 aromatic heterocycles. The predicted molar refractivity (Wildman–Crippen MR) is 123 cm³/mol. The molecular formula is C21H33F2N5O4Si. The average molecular weight is 486 g/mol. The molecule has 2 aromatic rings. The van der Waals surface area contributed by atoms with Crippen LogP contribution in [0.4, 0.5) is 14.7 Å². The SMILES string of the molecule is C=C(C)[C@]1(F)[C@H](n2cnc3c(OCC)nc(N)nc32)O[C@](F)(CO[Si](C)(C)C(C)(C)C)[C@H]1O. The van der Waals surface area contributed by atoms with Crippen LogP contribution in [0, 0.1) is 0 Å². The first kappa shape index (κ1) is 25.5. The largest absolute Gasteiger partial charge is 0.476 e. The lowest BCUT2D eigenvalue weighted by molar-refractivity contribution is -0.203. The van der Waals surface area contributed by atoms with Crippen LogP contribution >= 0.6 is 0 Å². The molecule has 3 N–H and O–H groups in total. The van der Waals surface area contributed by atoms with Crippen molar-refractivity contribution in [1.29, 1.82) is 0 Å². The Balaban J connectivity index is 2.06. The fraction of sp³-hybridized carbons (Fsp3) is 0.667. The Hall–Kier alpha value is -2.15. The second-order valence-corrected chi connectivity index (χ2v) is 14.7. The molecular weight excluding hydrogens is 452 g/mol. The van der Waals surface area contributed by atoms with E-state index in [1.807, 2.05) is 33.9 Å². The molecule has 0 radical (unpaired) electrons. The van der Waals surface area contributed by atoms with Crippen LogP contribution in [-0.4, -0.2) is 63.8 Å². The molecule has 0 aliphatic carbocycles. The van der Waals surface area contributed by atoms with Crippen molar-refractivity contribution in [3.8, 4) is 5.88 Å². The zero-order chi connectivity index (χ0) is 25.0. The summed E-state index contributed by atoms with van der Waals surface area (Å²) in [5, 5.41) is 10.6. The number of ether oxygens (including phenoxy) is 2. The number of nitrogen functional groups attached to an aromatic ring is 1. The van der Waals surface area contributed by atoms with Crippen molar-refractivity contribution < 1.29 is 27.8 Å².